The van der Waals surface area contributed by atoms with Gasteiger partial charge in [-0.15, -0.1) is 0 Å². The van der Waals surface area contributed by atoms with E-state index in [0.29, 0.717) is 23.7 Å². The van der Waals surface area contributed by atoms with Gasteiger partial charge in [-0.1, -0.05) is 51.1 Å². The number of benzene rings is 3. The lowest BCUT2D eigenvalue weighted by Crippen LogP contribution is -2.10. The summed E-state index contributed by atoms with van der Waals surface area (Å²) in [6, 6.07) is 18.6. The third-order valence-corrected chi connectivity index (χ3v) is 7.33. The molecule has 0 bridgehead atoms. The van der Waals surface area contributed by atoms with Gasteiger partial charge in [0.05, 0.1) is 13.5 Å². The molecule has 0 amide bonds. The second-order valence-corrected chi connectivity index (χ2v) is 10.3. The molecule has 4 nitrogen and oxygen atoms in total. The van der Waals surface area contributed by atoms with Crippen molar-refractivity contribution in [3.63, 3.8) is 0 Å². The van der Waals surface area contributed by atoms with Crippen LogP contribution in [0.4, 0.5) is 4.39 Å². The van der Waals surface area contributed by atoms with Crippen LogP contribution in [0.2, 0.25) is 0 Å². The second-order valence-electron chi connectivity index (χ2n) is 10.3. The summed E-state index contributed by atoms with van der Waals surface area (Å²) in [5.74, 6) is 0.170. The van der Waals surface area contributed by atoms with E-state index in [9.17, 15) is 14.3 Å². The molecule has 3 aromatic carbocycles. The van der Waals surface area contributed by atoms with Crippen LogP contribution in [0, 0.1) is 11.2 Å². The summed E-state index contributed by atoms with van der Waals surface area (Å²) in [7, 11) is 1.58. The summed E-state index contributed by atoms with van der Waals surface area (Å²) in [4.78, 5) is 11.2. The van der Waals surface area contributed by atoms with Crippen LogP contribution >= 0.6 is 0 Å². The minimum Gasteiger partial charge on any atom is -0.497 e. The first-order chi connectivity index (χ1) is 17.7. The Balaban J connectivity index is 1.66. The van der Waals surface area contributed by atoms with Crippen molar-refractivity contribution in [3.8, 4) is 22.6 Å². The molecule has 1 aliphatic carbocycles. The quantitative estimate of drug-likeness (QED) is 0.303. The summed E-state index contributed by atoms with van der Waals surface area (Å²) in [6.45, 7) is 6.80. The summed E-state index contributed by atoms with van der Waals surface area (Å²) >= 11 is 0. The van der Waals surface area contributed by atoms with Crippen molar-refractivity contribution in [2.75, 3.05) is 7.11 Å². The van der Waals surface area contributed by atoms with Crippen LogP contribution < -0.4 is 9.47 Å². The molecule has 0 heterocycles. The van der Waals surface area contributed by atoms with E-state index >= 15 is 0 Å². The van der Waals surface area contributed by atoms with Crippen molar-refractivity contribution in [3.05, 3.63) is 89.2 Å². The Hall–Kier alpha value is -3.60. The maximum absolute atomic E-state index is 15.0. The molecule has 3 aromatic rings. The van der Waals surface area contributed by atoms with E-state index in [1.807, 2.05) is 43.3 Å². The van der Waals surface area contributed by atoms with Crippen molar-refractivity contribution in [2.45, 2.75) is 59.0 Å². The number of allylic oxidation sites excluding steroid dienone is 2. The number of hydrogen-bond acceptors (Lipinski definition) is 3. The van der Waals surface area contributed by atoms with E-state index < -0.39 is 5.97 Å². The van der Waals surface area contributed by atoms with Gasteiger partial charge in [-0.25, -0.2) is 4.39 Å². The van der Waals surface area contributed by atoms with Crippen LogP contribution in [0.25, 0.3) is 16.7 Å². The summed E-state index contributed by atoms with van der Waals surface area (Å²) < 4.78 is 26.5. The lowest BCUT2D eigenvalue weighted by molar-refractivity contribution is -0.137. The molecular weight excluding hydrogens is 467 g/mol. The molecule has 0 aliphatic heterocycles. The maximum Gasteiger partial charge on any atom is 0.303 e. The zero-order chi connectivity index (χ0) is 26.6. The minimum absolute atomic E-state index is 0.0167. The Bertz CT molecular complexity index is 1310. The van der Waals surface area contributed by atoms with Gasteiger partial charge in [0.25, 0.3) is 0 Å². The van der Waals surface area contributed by atoms with E-state index in [2.05, 4.69) is 26.0 Å². The lowest BCUT2D eigenvalue weighted by Gasteiger charge is -2.25. The molecule has 1 atom stereocenters. The number of halogens is 1. The highest BCUT2D eigenvalue weighted by Crippen LogP contribution is 2.47. The van der Waals surface area contributed by atoms with Gasteiger partial charge >= 0.3 is 5.97 Å². The molecule has 0 aromatic heterocycles. The molecular formula is C32H35FO4. The normalized spacial score (nSPS) is 15.2. The number of carboxylic acid groups (broad SMARTS) is 1. The zero-order valence-corrected chi connectivity index (χ0v) is 22.0. The van der Waals surface area contributed by atoms with Crippen molar-refractivity contribution in [1.82, 2.24) is 0 Å². The summed E-state index contributed by atoms with van der Waals surface area (Å²) in [5.41, 5.74) is 5.51. The predicted molar refractivity (Wildman–Crippen MR) is 145 cm³/mol. The highest BCUT2D eigenvalue weighted by molar-refractivity contribution is 5.85. The molecule has 0 fully saturated rings. The van der Waals surface area contributed by atoms with Gasteiger partial charge in [0.15, 0.2) is 0 Å². The number of carbonyl (C=O) groups is 1. The standard InChI is InChI=1S/C32H35FO4/c1-5-22(18-31(34)35)23-8-6-9-25(17-23)37-20-21-11-13-26(28-19-24(36-4)12-14-30(28)33)27(16-21)29-10-7-15-32(29,2)3/h6,8-14,16-17,19,22H,5,7,15,18,20H2,1-4H3,(H,34,35)/t22-/m0/s1. The van der Waals surface area contributed by atoms with Gasteiger partial charge in [0.2, 0.25) is 0 Å². The zero-order valence-electron chi connectivity index (χ0n) is 22.0. The van der Waals surface area contributed by atoms with Crippen molar-refractivity contribution in [2.24, 2.45) is 5.41 Å². The fourth-order valence-electron chi connectivity index (χ4n) is 5.17. The van der Waals surface area contributed by atoms with Crippen LogP contribution in [0.1, 0.15) is 69.1 Å². The number of aliphatic carboxylic acids is 1. The first-order valence-corrected chi connectivity index (χ1v) is 12.8. The van der Waals surface area contributed by atoms with Crippen LogP contribution in [0.3, 0.4) is 0 Å². The van der Waals surface area contributed by atoms with Gasteiger partial charge in [-0.2, -0.15) is 0 Å². The SMILES string of the molecule is CC[C@@H](CC(=O)O)c1cccc(OCc2ccc(-c3cc(OC)ccc3F)c(C3=CCCC3(C)C)c2)c1. The first kappa shape index (κ1) is 26.5. The predicted octanol–water partition coefficient (Wildman–Crippen LogP) is 8.25. The monoisotopic (exact) mass is 502 g/mol. The third-order valence-electron chi connectivity index (χ3n) is 7.33. The number of ether oxygens (including phenoxy) is 2. The molecule has 194 valence electrons. The van der Waals surface area contributed by atoms with E-state index in [1.54, 1.807) is 19.2 Å². The number of rotatable bonds is 10. The molecule has 4 rings (SSSR count). The number of methoxy groups -OCH3 is 1. The Morgan fingerprint density at radius 2 is 1.84 bits per heavy atom. The minimum atomic E-state index is -0.803. The Kier molecular flexibility index (Phi) is 8.01. The van der Waals surface area contributed by atoms with Crippen LogP contribution in [-0.2, 0) is 11.4 Å². The summed E-state index contributed by atoms with van der Waals surface area (Å²) in [5, 5.41) is 9.24. The van der Waals surface area contributed by atoms with Crippen molar-refractivity contribution in [1.29, 1.82) is 0 Å². The number of hydrogen-bond donors (Lipinski definition) is 1. The van der Waals surface area contributed by atoms with E-state index in [0.717, 1.165) is 41.5 Å². The van der Waals surface area contributed by atoms with Gasteiger partial charge in [0.1, 0.15) is 23.9 Å². The molecule has 0 unspecified atom stereocenters. The smallest absolute Gasteiger partial charge is 0.303 e. The Morgan fingerprint density at radius 1 is 1.03 bits per heavy atom. The van der Waals surface area contributed by atoms with Crippen LogP contribution in [0.5, 0.6) is 11.5 Å². The van der Waals surface area contributed by atoms with Gasteiger partial charge < -0.3 is 14.6 Å². The van der Waals surface area contributed by atoms with E-state index in [4.69, 9.17) is 9.47 Å². The fourth-order valence-corrected chi connectivity index (χ4v) is 5.17. The third kappa shape index (κ3) is 6.04. The fraction of sp³-hybridized carbons (Fsp3) is 0.344. The average molecular weight is 503 g/mol. The molecule has 37 heavy (non-hydrogen) atoms. The largest absolute Gasteiger partial charge is 0.497 e. The Morgan fingerprint density at radius 3 is 2.51 bits per heavy atom. The highest BCUT2D eigenvalue weighted by Gasteiger charge is 2.30. The molecule has 1 aliphatic rings. The topological polar surface area (TPSA) is 55.8 Å². The Labute approximate surface area is 218 Å². The lowest BCUT2D eigenvalue weighted by atomic mass is 9.79. The first-order valence-electron chi connectivity index (χ1n) is 12.8. The molecule has 1 N–H and O–H groups in total. The van der Waals surface area contributed by atoms with Gasteiger partial charge in [0, 0.05) is 5.56 Å². The van der Waals surface area contributed by atoms with Crippen molar-refractivity contribution >= 4 is 11.5 Å². The van der Waals surface area contributed by atoms with Crippen molar-refractivity contribution < 1.29 is 23.8 Å². The molecule has 0 radical (unpaired) electrons. The van der Waals surface area contributed by atoms with Crippen LogP contribution in [-0.4, -0.2) is 18.2 Å². The summed E-state index contributed by atoms with van der Waals surface area (Å²) in [6.07, 6.45) is 5.14. The molecule has 0 saturated carbocycles. The van der Waals surface area contributed by atoms with Gasteiger partial charge in [-0.05, 0) is 94.8 Å². The highest BCUT2D eigenvalue weighted by atomic mass is 19.1. The van der Waals surface area contributed by atoms with E-state index in [-0.39, 0.29) is 23.6 Å². The van der Waals surface area contributed by atoms with Gasteiger partial charge in [-0.3, -0.25) is 4.79 Å². The molecule has 0 spiro atoms. The number of carboxylic acids is 1. The second kappa shape index (κ2) is 11.2. The average Bonchev–Trinajstić information content (AvgIpc) is 3.25. The maximum atomic E-state index is 15.0. The van der Waals surface area contributed by atoms with E-state index in [1.165, 1.54) is 11.6 Å². The molecule has 5 heteroatoms. The van der Waals surface area contributed by atoms with Crippen LogP contribution in [0.15, 0.2) is 66.7 Å². The molecule has 0 saturated heterocycles.